The smallest absolute Gasteiger partial charge is 0.220 e. The minimum absolute atomic E-state index is 0.645. The van der Waals surface area contributed by atoms with Gasteiger partial charge in [-0.3, -0.25) is 0 Å². The van der Waals surface area contributed by atoms with Crippen LogP contribution in [-0.2, 0) is 12.8 Å². The van der Waals surface area contributed by atoms with Crippen LogP contribution in [0.1, 0.15) is 17.3 Å². The van der Waals surface area contributed by atoms with Crippen LogP contribution in [0, 0.1) is 0 Å². The molecule has 18 heavy (non-hydrogen) atoms. The van der Waals surface area contributed by atoms with Gasteiger partial charge in [0.25, 0.3) is 0 Å². The first-order chi connectivity index (χ1) is 8.81. The molecule has 0 unspecified atom stereocenters. The van der Waals surface area contributed by atoms with Crippen molar-refractivity contribution in [1.29, 1.82) is 0 Å². The zero-order valence-electron chi connectivity index (χ0n) is 10.6. The highest BCUT2D eigenvalue weighted by molar-refractivity contribution is 5.28. The molecule has 0 amide bonds. The summed E-state index contributed by atoms with van der Waals surface area (Å²) in [6.45, 7) is 0.837. The maximum atomic E-state index is 5.55. The zero-order chi connectivity index (χ0) is 12.8. The van der Waals surface area contributed by atoms with Gasteiger partial charge in [0.15, 0.2) is 0 Å². The lowest BCUT2D eigenvalue weighted by molar-refractivity contribution is 0.414. The lowest BCUT2D eigenvalue weighted by Gasteiger charge is -2.00. The van der Waals surface area contributed by atoms with Crippen molar-refractivity contribution < 1.29 is 9.15 Å². The summed E-state index contributed by atoms with van der Waals surface area (Å²) in [5.41, 5.74) is 1.12. The number of benzene rings is 1. The Morgan fingerprint density at radius 3 is 2.56 bits per heavy atom. The topological polar surface area (TPSA) is 60.2 Å². The molecular weight excluding hydrogens is 230 g/mol. The number of rotatable bonds is 6. The summed E-state index contributed by atoms with van der Waals surface area (Å²) < 4.78 is 10.7. The minimum Gasteiger partial charge on any atom is -0.497 e. The van der Waals surface area contributed by atoms with Crippen molar-refractivity contribution in [3.63, 3.8) is 0 Å². The van der Waals surface area contributed by atoms with Crippen molar-refractivity contribution in [2.75, 3.05) is 20.7 Å². The Bertz CT molecular complexity index is 479. The van der Waals surface area contributed by atoms with E-state index >= 15 is 0 Å². The van der Waals surface area contributed by atoms with Gasteiger partial charge in [-0.2, -0.15) is 0 Å². The lowest BCUT2D eigenvalue weighted by atomic mass is 10.1. The van der Waals surface area contributed by atoms with Gasteiger partial charge >= 0.3 is 0 Å². The van der Waals surface area contributed by atoms with Crippen LogP contribution < -0.4 is 10.1 Å². The summed E-state index contributed by atoms with van der Waals surface area (Å²) in [7, 11) is 3.55. The maximum absolute atomic E-state index is 5.55. The van der Waals surface area contributed by atoms with E-state index in [4.69, 9.17) is 9.15 Å². The molecule has 5 nitrogen and oxygen atoms in total. The van der Waals surface area contributed by atoms with Gasteiger partial charge in [-0.25, -0.2) is 0 Å². The highest BCUT2D eigenvalue weighted by Crippen LogP contribution is 2.14. The van der Waals surface area contributed by atoms with E-state index in [1.165, 1.54) is 0 Å². The van der Waals surface area contributed by atoms with Crippen molar-refractivity contribution in [2.45, 2.75) is 12.8 Å². The Hall–Kier alpha value is -1.88. The largest absolute Gasteiger partial charge is 0.497 e. The zero-order valence-corrected chi connectivity index (χ0v) is 10.6. The molecule has 5 heteroatoms. The highest BCUT2D eigenvalue weighted by atomic mass is 16.5. The molecule has 0 atom stereocenters. The number of nitrogens with one attached hydrogen (secondary N) is 1. The summed E-state index contributed by atoms with van der Waals surface area (Å²) in [5, 5.41) is 11.1. The number of methoxy groups -OCH3 is 1. The number of likely N-dealkylation sites (N-methyl/N-ethyl adjacent to an activating group) is 1. The summed E-state index contributed by atoms with van der Waals surface area (Å²) in [5.74, 6) is 2.16. The lowest BCUT2D eigenvalue weighted by Crippen LogP contribution is -2.10. The van der Waals surface area contributed by atoms with Crippen molar-refractivity contribution >= 4 is 0 Å². The van der Waals surface area contributed by atoms with E-state index in [0.717, 1.165) is 24.3 Å². The van der Waals surface area contributed by atoms with Crippen molar-refractivity contribution in [3.05, 3.63) is 41.6 Å². The fraction of sp³-hybridized carbons (Fsp3) is 0.385. The maximum Gasteiger partial charge on any atom is 0.220 e. The Morgan fingerprint density at radius 1 is 1.17 bits per heavy atom. The summed E-state index contributed by atoms with van der Waals surface area (Å²) in [6.07, 6.45) is 1.41. The predicted octanol–water partition coefficient (Wildman–Crippen LogP) is 1.43. The van der Waals surface area contributed by atoms with E-state index in [0.29, 0.717) is 18.2 Å². The van der Waals surface area contributed by atoms with Crippen LogP contribution in [0.2, 0.25) is 0 Å². The Kier molecular flexibility index (Phi) is 4.30. The van der Waals surface area contributed by atoms with Gasteiger partial charge in [-0.15, -0.1) is 10.2 Å². The molecule has 0 bridgehead atoms. The second-order valence-corrected chi connectivity index (χ2v) is 3.97. The molecule has 0 aliphatic rings. The molecule has 96 valence electrons. The third kappa shape index (κ3) is 3.30. The van der Waals surface area contributed by atoms with Crippen molar-refractivity contribution in [1.82, 2.24) is 15.5 Å². The van der Waals surface area contributed by atoms with Gasteiger partial charge in [-0.05, 0) is 24.7 Å². The van der Waals surface area contributed by atoms with Crippen LogP contribution in [0.15, 0.2) is 28.7 Å². The number of nitrogens with zero attached hydrogens (tertiary/aromatic N) is 2. The van der Waals surface area contributed by atoms with Crippen LogP contribution in [0.5, 0.6) is 5.75 Å². The molecular formula is C13H17N3O2. The molecule has 1 aromatic heterocycles. The second kappa shape index (κ2) is 6.16. The monoisotopic (exact) mass is 247 g/mol. The Balaban J connectivity index is 1.97. The highest BCUT2D eigenvalue weighted by Gasteiger charge is 2.06. The van der Waals surface area contributed by atoms with Crippen LogP contribution in [0.25, 0.3) is 0 Å². The molecule has 2 rings (SSSR count). The van der Waals surface area contributed by atoms with Gasteiger partial charge in [0.2, 0.25) is 11.8 Å². The van der Waals surface area contributed by atoms with Crippen LogP contribution >= 0.6 is 0 Å². The first-order valence-corrected chi connectivity index (χ1v) is 5.90. The van der Waals surface area contributed by atoms with Crippen LogP contribution in [-0.4, -0.2) is 30.9 Å². The SMILES string of the molecule is CNCCc1nnc(Cc2ccc(OC)cc2)o1. The predicted molar refractivity (Wildman–Crippen MR) is 67.7 cm³/mol. The fourth-order valence-corrected chi connectivity index (χ4v) is 1.61. The number of aromatic nitrogens is 2. The molecule has 1 heterocycles. The quantitative estimate of drug-likeness (QED) is 0.836. The van der Waals surface area contributed by atoms with Crippen molar-refractivity contribution in [2.24, 2.45) is 0 Å². The average Bonchev–Trinajstić information content (AvgIpc) is 2.85. The normalized spacial score (nSPS) is 10.6. The molecule has 0 saturated heterocycles. The van der Waals surface area contributed by atoms with E-state index < -0.39 is 0 Å². The van der Waals surface area contributed by atoms with Gasteiger partial charge in [0, 0.05) is 13.0 Å². The number of hydrogen-bond acceptors (Lipinski definition) is 5. The minimum atomic E-state index is 0.645. The summed E-state index contributed by atoms with van der Waals surface area (Å²) >= 11 is 0. The second-order valence-electron chi connectivity index (χ2n) is 3.97. The summed E-state index contributed by atoms with van der Waals surface area (Å²) in [6, 6.07) is 7.84. The third-order valence-corrected chi connectivity index (χ3v) is 2.61. The summed E-state index contributed by atoms with van der Waals surface area (Å²) in [4.78, 5) is 0. The molecule has 0 aliphatic heterocycles. The van der Waals surface area contributed by atoms with E-state index in [1.807, 2.05) is 31.3 Å². The fourth-order valence-electron chi connectivity index (χ4n) is 1.61. The molecule has 0 aliphatic carbocycles. The average molecular weight is 247 g/mol. The van der Waals surface area contributed by atoms with Gasteiger partial charge in [0.1, 0.15) is 5.75 Å². The van der Waals surface area contributed by atoms with Crippen LogP contribution in [0.3, 0.4) is 0 Å². The molecule has 1 N–H and O–H groups in total. The first kappa shape index (κ1) is 12.6. The third-order valence-electron chi connectivity index (χ3n) is 2.61. The molecule has 0 saturated carbocycles. The molecule has 0 spiro atoms. The van der Waals surface area contributed by atoms with Crippen LogP contribution in [0.4, 0.5) is 0 Å². The molecule has 0 fully saturated rings. The Labute approximate surface area is 106 Å². The standard InChI is InChI=1S/C13H17N3O2/c1-14-8-7-12-15-16-13(18-12)9-10-3-5-11(17-2)6-4-10/h3-6,14H,7-9H2,1-2H3. The van der Waals surface area contributed by atoms with E-state index in [-0.39, 0.29) is 0 Å². The molecule has 1 aromatic carbocycles. The molecule has 0 radical (unpaired) electrons. The van der Waals surface area contributed by atoms with Gasteiger partial charge < -0.3 is 14.5 Å². The first-order valence-electron chi connectivity index (χ1n) is 5.90. The van der Waals surface area contributed by atoms with E-state index in [2.05, 4.69) is 15.5 Å². The number of ether oxygens (including phenoxy) is 1. The molecule has 2 aromatic rings. The van der Waals surface area contributed by atoms with E-state index in [9.17, 15) is 0 Å². The van der Waals surface area contributed by atoms with Crippen molar-refractivity contribution in [3.8, 4) is 5.75 Å². The van der Waals surface area contributed by atoms with E-state index in [1.54, 1.807) is 7.11 Å². The Morgan fingerprint density at radius 2 is 1.89 bits per heavy atom. The van der Waals surface area contributed by atoms with Gasteiger partial charge in [0.05, 0.1) is 13.5 Å². The number of hydrogen-bond donors (Lipinski definition) is 1. The van der Waals surface area contributed by atoms with Gasteiger partial charge in [-0.1, -0.05) is 12.1 Å².